The van der Waals surface area contributed by atoms with Crippen LogP contribution in [0.15, 0.2) is 330 Å². The van der Waals surface area contributed by atoms with Crippen LogP contribution in [0.1, 0.15) is 44.5 Å². The van der Waals surface area contributed by atoms with Crippen LogP contribution in [0, 0.1) is 0 Å². The fraction of sp³-hybridized carbons (Fsp3) is 0.0217. The highest BCUT2D eigenvalue weighted by Crippen LogP contribution is 2.68. The molecule has 0 bridgehead atoms. The summed E-state index contributed by atoms with van der Waals surface area (Å²) >= 11 is 8.25. The average Bonchev–Trinajstić information content (AvgIpc) is 1.51. The molecule has 2 atom stereocenters. The Balaban J connectivity index is 0.743. The van der Waals surface area contributed by atoms with E-state index >= 15 is 0 Å². The van der Waals surface area contributed by atoms with Crippen molar-refractivity contribution in [3.05, 3.63) is 375 Å². The standard InChI is InChI=1S/C92H53Br2N3/c93-78-33-17-31-75-85(78)69-24-5-11-29-73(69)91(75)72-28-10-4-21-61(72)65-49-51-67-63-22-8-14-36-81(63)97(89(67)87(65)91)59-46-44-57(45-47-59)95-82-37-15-9-26-71(82)84-60(27-16-38-83(84)95)56-41-48-62-66-50-52-68-64-23-7-13-35-80(64)96(58-42-39-55(40-43-58)54-19-2-1-3-20-54)90(68)88(66)92(77(62)53-56)74-30-12-6-25-70(74)86-76(92)32-18-34-79(86)94/h1-53H. The highest BCUT2D eigenvalue weighted by atomic mass is 79.9. The van der Waals surface area contributed by atoms with E-state index < -0.39 is 10.8 Å². The maximum atomic E-state index is 4.17. The third kappa shape index (κ3) is 6.80. The fourth-order valence-electron chi connectivity index (χ4n) is 18.8. The third-order valence-electron chi connectivity index (χ3n) is 22.4. The Morgan fingerprint density at radius 2 is 0.608 bits per heavy atom. The molecule has 3 nitrogen and oxygen atoms in total. The largest absolute Gasteiger partial charge is 0.309 e. The van der Waals surface area contributed by atoms with Crippen molar-refractivity contribution < 1.29 is 0 Å². The summed E-state index contributed by atoms with van der Waals surface area (Å²) in [7, 11) is 0. The predicted octanol–water partition coefficient (Wildman–Crippen LogP) is 24.5. The van der Waals surface area contributed by atoms with Crippen LogP contribution in [0.5, 0.6) is 0 Å². The van der Waals surface area contributed by atoms with Gasteiger partial charge in [-0.1, -0.05) is 275 Å². The van der Waals surface area contributed by atoms with E-state index in [4.69, 9.17) is 0 Å². The molecule has 0 saturated heterocycles. The number of para-hydroxylation sites is 3. The van der Waals surface area contributed by atoms with Crippen molar-refractivity contribution in [3.63, 3.8) is 0 Å². The molecule has 0 N–H and O–H groups in total. The number of hydrogen-bond donors (Lipinski definition) is 0. The van der Waals surface area contributed by atoms with E-state index in [0.717, 1.165) is 37.0 Å². The molecular weight excluding hydrogens is 1310 g/mol. The number of hydrogen-bond acceptors (Lipinski definition) is 0. The molecule has 4 aliphatic carbocycles. The van der Waals surface area contributed by atoms with Gasteiger partial charge in [-0.15, -0.1) is 0 Å². The van der Waals surface area contributed by atoms with Gasteiger partial charge in [0.1, 0.15) is 0 Å². The van der Waals surface area contributed by atoms with Crippen molar-refractivity contribution in [1.82, 2.24) is 13.7 Å². The Morgan fingerprint density at radius 3 is 1.19 bits per heavy atom. The van der Waals surface area contributed by atoms with E-state index in [-0.39, 0.29) is 0 Å². The molecule has 0 saturated carbocycles. The van der Waals surface area contributed by atoms with Crippen LogP contribution in [0.4, 0.5) is 0 Å². The van der Waals surface area contributed by atoms with Gasteiger partial charge >= 0.3 is 0 Å². The minimum absolute atomic E-state index is 0.551. The Morgan fingerprint density at radius 1 is 0.227 bits per heavy atom. The normalized spacial score (nSPS) is 15.8. The number of fused-ring (bicyclic) bond motifs is 31. The molecule has 2 spiro atoms. The van der Waals surface area contributed by atoms with Gasteiger partial charge in [-0.25, -0.2) is 0 Å². The van der Waals surface area contributed by atoms with Gasteiger partial charge in [-0.2, -0.15) is 0 Å². The van der Waals surface area contributed by atoms with Crippen molar-refractivity contribution in [1.29, 1.82) is 0 Å². The van der Waals surface area contributed by atoms with Crippen LogP contribution in [-0.4, -0.2) is 13.7 Å². The predicted molar refractivity (Wildman–Crippen MR) is 408 cm³/mol. The van der Waals surface area contributed by atoms with Crippen LogP contribution in [0.3, 0.4) is 0 Å². The topological polar surface area (TPSA) is 14.8 Å². The number of rotatable bonds is 5. The quantitative estimate of drug-likeness (QED) is 0.163. The molecule has 3 aromatic heterocycles. The average molecular weight is 1360 g/mol. The first-order chi connectivity index (χ1) is 48.0. The minimum atomic E-state index is -0.681. The summed E-state index contributed by atoms with van der Waals surface area (Å²) < 4.78 is 9.83. The van der Waals surface area contributed by atoms with Crippen LogP contribution >= 0.6 is 31.9 Å². The lowest BCUT2D eigenvalue weighted by Crippen LogP contribution is -2.26. The van der Waals surface area contributed by atoms with Crippen molar-refractivity contribution in [3.8, 4) is 83.8 Å². The Hall–Kier alpha value is -11.3. The molecule has 15 aromatic carbocycles. The minimum Gasteiger partial charge on any atom is -0.309 e. The zero-order valence-electron chi connectivity index (χ0n) is 52.2. The fourth-order valence-corrected chi connectivity index (χ4v) is 20.0. The maximum absolute atomic E-state index is 4.17. The summed E-state index contributed by atoms with van der Waals surface area (Å²) in [6, 6.07) is 121. The monoisotopic (exact) mass is 1360 g/mol. The van der Waals surface area contributed by atoms with Crippen LogP contribution in [-0.2, 0) is 10.8 Å². The lowest BCUT2D eigenvalue weighted by Gasteiger charge is -2.32. The summed E-state index contributed by atoms with van der Waals surface area (Å²) in [5, 5.41) is 7.42. The molecule has 18 aromatic rings. The molecule has 2 unspecified atom stereocenters. The first-order valence-electron chi connectivity index (χ1n) is 33.4. The molecule has 0 radical (unpaired) electrons. The molecule has 0 amide bonds. The lowest BCUT2D eigenvalue weighted by atomic mass is 9.69. The lowest BCUT2D eigenvalue weighted by molar-refractivity contribution is 0.796. The van der Waals surface area contributed by atoms with Crippen molar-refractivity contribution in [2.24, 2.45) is 0 Å². The van der Waals surface area contributed by atoms with E-state index in [1.807, 2.05) is 0 Å². The number of aromatic nitrogens is 3. The highest BCUT2D eigenvalue weighted by molar-refractivity contribution is 9.11. The summed E-state index contributed by atoms with van der Waals surface area (Å²) in [5.74, 6) is 0. The zero-order valence-corrected chi connectivity index (χ0v) is 55.4. The SMILES string of the molecule is Brc1cccc2c1-c1ccccc1C21c2ccccc2-c2ccc3c4ccccc4n(-c4ccc(-n5c6ccccc6c6c(-c7ccc8c(c7)C7(c9ccccc9-c9c(Br)cccc97)c7c-8ccc8c9ccccc9n(-c9ccc(-c%10ccccc%10)cc9)c78)cccc65)cc4)c3c21. The smallest absolute Gasteiger partial charge is 0.0746 e. The van der Waals surface area contributed by atoms with Crippen LogP contribution in [0.25, 0.3) is 149 Å². The van der Waals surface area contributed by atoms with Crippen LogP contribution < -0.4 is 0 Å². The number of halogens is 2. The summed E-state index contributed by atoms with van der Waals surface area (Å²) in [4.78, 5) is 0. The van der Waals surface area contributed by atoms with Gasteiger partial charge in [0.05, 0.1) is 43.9 Å². The van der Waals surface area contributed by atoms with Gasteiger partial charge in [0, 0.05) is 80.6 Å². The maximum Gasteiger partial charge on any atom is 0.0746 e. The van der Waals surface area contributed by atoms with Crippen molar-refractivity contribution in [2.45, 2.75) is 10.8 Å². The molecule has 22 rings (SSSR count). The number of nitrogens with zero attached hydrogens (tertiary/aromatic N) is 3. The Labute approximate surface area is 576 Å². The number of benzene rings is 15. The second-order valence-corrected chi connectivity index (χ2v) is 28.4. The van der Waals surface area contributed by atoms with Gasteiger partial charge in [0.15, 0.2) is 0 Å². The second kappa shape index (κ2) is 19.6. The van der Waals surface area contributed by atoms with Gasteiger partial charge < -0.3 is 13.7 Å². The summed E-state index contributed by atoms with van der Waals surface area (Å²) in [6.45, 7) is 0. The Bertz CT molecular complexity index is 6520. The molecule has 97 heavy (non-hydrogen) atoms. The first-order valence-corrected chi connectivity index (χ1v) is 35.0. The van der Waals surface area contributed by atoms with Crippen LogP contribution in [0.2, 0.25) is 0 Å². The molecule has 0 fully saturated rings. The van der Waals surface area contributed by atoms with Gasteiger partial charge in [-0.3, -0.25) is 0 Å². The van der Waals surface area contributed by atoms with Gasteiger partial charge in [0.2, 0.25) is 0 Å². The summed E-state index contributed by atoms with van der Waals surface area (Å²) in [5.41, 5.74) is 34.7. The van der Waals surface area contributed by atoms with E-state index in [1.54, 1.807) is 0 Å². The van der Waals surface area contributed by atoms with Gasteiger partial charge in [0.25, 0.3) is 0 Å². The van der Waals surface area contributed by atoms with Crippen molar-refractivity contribution >= 4 is 97.3 Å². The zero-order chi connectivity index (χ0) is 63.6. The third-order valence-corrected chi connectivity index (χ3v) is 23.7. The molecule has 0 aliphatic heterocycles. The van der Waals surface area contributed by atoms with Gasteiger partial charge in [-0.05, 0) is 168 Å². The molecular formula is C92H53Br2N3. The highest BCUT2D eigenvalue weighted by Gasteiger charge is 2.55. The molecule has 5 heteroatoms. The second-order valence-electron chi connectivity index (χ2n) is 26.7. The first kappa shape index (κ1) is 54.0. The van der Waals surface area contributed by atoms with E-state index in [9.17, 15) is 0 Å². The Kier molecular flexibility index (Phi) is 10.9. The van der Waals surface area contributed by atoms with E-state index in [0.29, 0.717) is 0 Å². The molecule has 450 valence electrons. The molecule has 3 heterocycles. The summed E-state index contributed by atoms with van der Waals surface area (Å²) in [6.07, 6.45) is 0. The van der Waals surface area contributed by atoms with E-state index in [2.05, 4.69) is 367 Å². The van der Waals surface area contributed by atoms with Crippen molar-refractivity contribution in [2.75, 3.05) is 0 Å². The van der Waals surface area contributed by atoms with E-state index in [1.165, 1.54) is 166 Å². The molecule has 4 aliphatic rings.